The van der Waals surface area contributed by atoms with Crippen molar-refractivity contribution in [1.82, 2.24) is 9.97 Å². The molecule has 1 N–H and O–H groups in total. The third-order valence-corrected chi connectivity index (χ3v) is 3.01. The summed E-state index contributed by atoms with van der Waals surface area (Å²) in [7, 11) is 0. The Morgan fingerprint density at radius 2 is 1.71 bits per heavy atom. The van der Waals surface area contributed by atoms with Gasteiger partial charge in [-0.15, -0.1) is 0 Å². The van der Waals surface area contributed by atoms with Crippen molar-refractivity contribution >= 4 is 11.9 Å². The molecule has 0 spiro atoms. The van der Waals surface area contributed by atoms with E-state index in [4.69, 9.17) is 9.47 Å². The average Bonchev–Trinajstić information content (AvgIpc) is 2.45. The summed E-state index contributed by atoms with van der Waals surface area (Å²) in [5.41, 5.74) is 2.09. The highest BCUT2D eigenvalue weighted by Crippen LogP contribution is 2.30. The van der Waals surface area contributed by atoms with E-state index in [0.29, 0.717) is 36.2 Å². The van der Waals surface area contributed by atoms with Crippen molar-refractivity contribution < 1.29 is 14.3 Å². The van der Waals surface area contributed by atoms with Crippen LogP contribution in [0.25, 0.3) is 0 Å². The van der Waals surface area contributed by atoms with E-state index in [2.05, 4.69) is 15.3 Å². The van der Waals surface area contributed by atoms with Crippen LogP contribution in [-0.4, -0.2) is 29.1 Å². The maximum Gasteiger partial charge on any atom is 0.258 e. The number of aryl methyl sites for hydroxylation is 2. The number of hydrogen-bond donors (Lipinski definition) is 1. The van der Waals surface area contributed by atoms with Crippen LogP contribution in [-0.2, 0) is 0 Å². The molecule has 0 atom stereocenters. The Morgan fingerprint density at radius 1 is 1.05 bits per heavy atom. The molecule has 108 valence electrons. The van der Waals surface area contributed by atoms with Gasteiger partial charge in [0.1, 0.15) is 13.2 Å². The van der Waals surface area contributed by atoms with Gasteiger partial charge in [-0.2, -0.15) is 0 Å². The average molecular weight is 285 g/mol. The number of fused-ring (bicyclic) bond motifs is 1. The predicted molar refractivity (Wildman–Crippen MR) is 76.9 cm³/mol. The molecule has 1 aromatic carbocycles. The molecule has 1 aromatic heterocycles. The number of carbonyl (C=O) groups excluding carboxylic acids is 1. The molecule has 1 amide bonds. The van der Waals surface area contributed by atoms with Crippen molar-refractivity contribution in [2.75, 3.05) is 18.5 Å². The second kappa shape index (κ2) is 5.40. The molecule has 0 bridgehead atoms. The van der Waals surface area contributed by atoms with Crippen molar-refractivity contribution in [3.63, 3.8) is 0 Å². The number of anilines is 1. The number of benzene rings is 1. The molecule has 0 saturated heterocycles. The first-order chi connectivity index (χ1) is 10.1. The van der Waals surface area contributed by atoms with Gasteiger partial charge in [-0.25, -0.2) is 9.97 Å². The SMILES string of the molecule is Cc1cc(C)nc(NC(=O)c2ccc3c(c2)OCCO3)n1. The molecule has 0 radical (unpaired) electrons. The topological polar surface area (TPSA) is 73.3 Å². The van der Waals surface area contributed by atoms with Crippen molar-refractivity contribution in [1.29, 1.82) is 0 Å². The fraction of sp³-hybridized carbons (Fsp3) is 0.267. The van der Waals surface area contributed by atoms with E-state index in [1.54, 1.807) is 18.2 Å². The Balaban J connectivity index is 1.82. The molecule has 0 aliphatic carbocycles. The maximum atomic E-state index is 12.2. The smallest absolute Gasteiger partial charge is 0.258 e. The zero-order valence-electron chi connectivity index (χ0n) is 11.8. The molecular weight excluding hydrogens is 270 g/mol. The number of rotatable bonds is 2. The van der Waals surface area contributed by atoms with E-state index in [0.717, 1.165) is 11.4 Å². The molecule has 0 unspecified atom stereocenters. The minimum absolute atomic E-state index is 0.281. The molecular formula is C15H15N3O3. The van der Waals surface area contributed by atoms with E-state index in [1.807, 2.05) is 19.9 Å². The summed E-state index contributed by atoms with van der Waals surface area (Å²) in [5, 5.41) is 2.69. The highest BCUT2D eigenvalue weighted by molar-refractivity contribution is 6.03. The van der Waals surface area contributed by atoms with Crippen LogP contribution in [0.1, 0.15) is 21.7 Å². The highest BCUT2D eigenvalue weighted by atomic mass is 16.6. The summed E-state index contributed by atoms with van der Waals surface area (Å²) >= 11 is 0. The first kappa shape index (κ1) is 13.4. The summed E-state index contributed by atoms with van der Waals surface area (Å²) in [6.45, 7) is 4.72. The molecule has 21 heavy (non-hydrogen) atoms. The summed E-state index contributed by atoms with van der Waals surface area (Å²) in [6, 6.07) is 6.92. The Morgan fingerprint density at radius 3 is 2.43 bits per heavy atom. The van der Waals surface area contributed by atoms with Gasteiger partial charge in [0.05, 0.1) is 0 Å². The summed E-state index contributed by atoms with van der Waals surface area (Å²) in [4.78, 5) is 20.6. The Hall–Kier alpha value is -2.63. The van der Waals surface area contributed by atoms with Crippen LogP contribution < -0.4 is 14.8 Å². The minimum atomic E-state index is -0.281. The third kappa shape index (κ3) is 2.94. The first-order valence-corrected chi connectivity index (χ1v) is 6.65. The molecule has 0 saturated carbocycles. The molecule has 3 rings (SSSR count). The highest BCUT2D eigenvalue weighted by Gasteiger charge is 2.15. The van der Waals surface area contributed by atoms with Crippen LogP contribution in [0.15, 0.2) is 24.3 Å². The largest absolute Gasteiger partial charge is 0.486 e. The predicted octanol–water partition coefficient (Wildman–Crippen LogP) is 2.12. The van der Waals surface area contributed by atoms with Crippen molar-refractivity contribution in [3.8, 4) is 11.5 Å². The molecule has 0 fully saturated rings. The summed E-state index contributed by atoms with van der Waals surface area (Å²) in [5.74, 6) is 1.25. The second-order valence-corrected chi connectivity index (χ2v) is 4.79. The van der Waals surface area contributed by atoms with E-state index >= 15 is 0 Å². The van der Waals surface area contributed by atoms with Crippen LogP contribution in [0.2, 0.25) is 0 Å². The van der Waals surface area contributed by atoms with Crippen LogP contribution >= 0.6 is 0 Å². The van der Waals surface area contributed by atoms with Crippen molar-refractivity contribution in [2.45, 2.75) is 13.8 Å². The second-order valence-electron chi connectivity index (χ2n) is 4.79. The lowest BCUT2D eigenvalue weighted by molar-refractivity contribution is 0.102. The quantitative estimate of drug-likeness (QED) is 0.915. The third-order valence-electron chi connectivity index (χ3n) is 3.01. The van der Waals surface area contributed by atoms with E-state index in [1.165, 1.54) is 0 Å². The Labute approximate surface area is 122 Å². The van der Waals surface area contributed by atoms with Crippen LogP contribution in [0.5, 0.6) is 11.5 Å². The number of nitrogens with zero attached hydrogens (tertiary/aromatic N) is 2. The van der Waals surface area contributed by atoms with E-state index in [-0.39, 0.29) is 5.91 Å². The number of amides is 1. The Bertz CT molecular complexity index is 680. The lowest BCUT2D eigenvalue weighted by atomic mass is 10.2. The van der Waals surface area contributed by atoms with E-state index < -0.39 is 0 Å². The van der Waals surface area contributed by atoms with Gasteiger partial charge in [-0.3, -0.25) is 10.1 Å². The first-order valence-electron chi connectivity index (χ1n) is 6.65. The number of carbonyl (C=O) groups is 1. The standard InChI is InChI=1S/C15H15N3O3/c1-9-7-10(2)17-15(16-9)18-14(19)11-3-4-12-13(8-11)21-6-5-20-12/h3-4,7-8H,5-6H2,1-2H3,(H,16,17,18,19). The van der Waals surface area contributed by atoms with Gasteiger partial charge in [0, 0.05) is 17.0 Å². The fourth-order valence-electron chi connectivity index (χ4n) is 2.14. The Kier molecular flexibility index (Phi) is 3.43. The molecule has 6 heteroatoms. The number of nitrogens with one attached hydrogen (secondary N) is 1. The zero-order valence-corrected chi connectivity index (χ0v) is 11.8. The van der Waals surface area contributed by atoms with Crippen LogP contribution in [0.4, 0.5) is 5.95 Å². The number of aromatic nitrogens is 2. The summed E-state index contributed by atoms with van der Waals surface area (Å²) < 4.78 is 10.9. The van der Waals surface area contributed by atoms with Gasteiger partial charge < -0.3 is 9.47 Å². The number of hydrogen-bond acceptors (Lipinski definition) is 5. The molecule has 6 nitrogen and oxygen atoms in total. The van der Waals surface area contributed by atoms with Crippen molar-refractivity contribution in [3.05, 3.63) is 41.2 Å². The maximum absolute atomic E-state index is 12.2. The summed E-state index contributed by atoms with van der Waals surface area (Å²) in [6.07, 6.45) is 0. The monoisotopic (exact) mass is 285 g/mol. The minimum Gasteiger partial charge on any atom is -0.486 e. The molecule has 1 aliphatic heterocycles. The number of ether oxygens (including phenoxy) is 2. The van der Waals surface area contributed by atoms with Gasteiger partial charge >= 0.3 is 0 Å². The van der Waals surface area contributed by atoms with Crippen LogP contribution in [0.3, 0.4) is 0 Å². The lowest BCUT2D eigenvalue weighted by Gasteiger charge is -2.18. The van der Waals surface area contributed by atoms with Gasteiger partial charge in [0.15, 0.2) is 11.5 Å². The fourth-order valence-corrected chi connectivity index (χ4v) is 2.14. The molecule has 1 aliphatic rings. The van der Waals surface area contributed by atoms with Gasteiger partial charge in [-0.05, 0) is 38.1 Å². The molecule has 2 aromatic rings. The normalized spacial score (nSPS) is 12.9. The lowest BCUT2D eigenvalue weighted by Crippen LogP contribution is -2.18. The van der Waals surface area contributed by atoms with E-state index in [9.17, 15) is 4.79 Å². The van der Waals surface area contributed by atoms with Gasteiger partial charge in [0.25, 0.3) is 5.91 Å². The van der Waals surface area contributed by atoms with Crippen molar-refractivity contribution in [2.24, 2.45) is 0 Å². The zero-order chi connectivity index (χ0) is 14.8. The van der Waals surface area contributed by atoms with Gasteiger partial charge in [-0.1, -0.05) is 0 Å². The molecule has 2 heterocycles. The van der Waals surface area contributed by atoms with Gasteiger partial charge in [0.2, 0.25) is 5.95 Å². The van der Waals surface area contributed by atoms with Crippen LogP contribution in [0, 0.1) is 13.8 Å².